The van der Waals surface area contributed by atoms with Crippen LogP contribution in [0, 0.1) is 13.8 Å². The molecule has 4 aromatic rings. The molecule has 1 atom stereocenters. The summed E-state index contributed by atoms with van der Waals surface area (Å²) in [6.45, 7) is 7.18. The van der Waals surface area contributed by atoms with Gasteiger partial charge >= 0.3 is 0 Å². The van der Waals surface area contributed by atoms with Crippen LogP contribution in [0.2, 0.25) is 0 Å². The van der Waals surface area contributed by atoms with E-state index >= 15 is 0 Å². The first-order valence-electron chi connectivity index (χ1n) is 11.9. The van der Waals surface area contributed by atoms with Gasteiger partial charge in [0.2, 0.25) is 0 Å². The molecule has 4 rings (SSSR count). The minimum Gasteiger partial charge on any atom is -0.330 e. The highest BCUT2D eigenvalue weighted by Gasteiger charge is 2.29. The Morgan fingerprint density at radius 2 is 1.83 bits per heavy atom. The number of hydrogen-bond acceptors (Lipinski definition) is 6. The lowest BCUT2D eigenvalue weighted by atomic mass is 10.1. The molecule has 2 aromatic heterocycles. The van der Waals surface area contributed by atoms with Crippen LogP contribution in [0.4, 0.5) is 0 Å². The Bertz CT molecular complexity index is 1360. The van der Waals surface area contributed by atoms with Crippen molar-refractivity contribution in [2.45, 2.75) is 46.2 Å². The van der Waals surface area contributed by atoms with E-state index in [4.69, 9.17) is 10.7 Å². The zero-order valence-electron chi connectivity index (χ0n) is 20.4. The van der Waals surface area contributed by atoms with Crippen LogP contribution in [0.5, 0.6) is 0 Å². The van der Waals surface area contributed by atoms with Gasteiger partial charge in [-0.3, -0.25) is 14.2 Å². The molecular weight excluding hydrogens is 458 g/mol. The number of amides is 1. The van der Waals surface area contributed by atoms with Crippen LogP contribution in [-0.2, 0) is 6.54 Å². The maximum atomic E-state index is 13.7. The number of carbonyl (C=O) groups is 1. The Morgan fingerprint density at radius 3 is 2.49 bits per heavy atom. The van der Waals surface area contributed by atoms with Crippen molar-refractivity contribution in [2.75, 3.05) is 13.1 Å². The number of nitrogens with two attached hydrogens (primary N) is 1. The Hall–Kier alpha value is -3.36. The summed E-state index contributed by atoms with van der Waals surface area (Å²) in [6.07, 6.45) is 1.25. The molecule has 0 aliphatic heterocycles. The van der Waals surface area contributed by atoms with E-state index in [0.717, 1.165) is 16.8 Å². The summed E-state index contributed by atoms with van der Waals surface area (Å²) in [5.74, 6) is 0.487. The molecule has 2 heterocycles. The van der Waals surface area contributed by atoms with E-state index in [1.54, 1.807) is 4.57 Å². The van der Waals surface area contributed by atoms with Gasteiger partial charge in [0.25, 0.3) is 11.5 Å². The van der Waals surface area contributed by atoms with Crippen molar-refractivity contribution >= 4 is 27.7 Å². The number of hydrogen-bond donors (Lipinski definition) is 1. The predicted molar refractivity (Wildman–Crippen MR) is 141 cm³/mol. The van der Waals surface area contributed by atoms with E-state index in [0.29, 0.717) is 54.1 Å². The van der Waals surface area contributed by atoms with Gasteiger partial charge in [0, 0.05) is 12.1 Å². The molecule has 1 amide bonds. The van der Waals surface area contributed by atoms with Gasteiger partial charge in [-0.25, -0.2) is 4.98 Å². The fourth-order valence-electron chi connectivity index (χ4n) is 4.28. The molecular formula is C27H31N5O2S. The van der Waals surface area contributed by atoms with Crippen LogP contribution in [0.1, 0.15) is 58.8 Å². The summed E-state index contributed by atoms with van der Waals surface area (Å²) >= 11 is 1.18. The van der Waals surface area contributed by atoms with Crippen LogP contribution in [-0.4, -0.2) is 37.8 Å². The molecule has 8 heteroatoms. The van der Waals surface area contributed by atoms with Crippen LogP contribution in [0.15, 0.2) is 59.4 Å². The summed E-state index contributed by atoms with van der Waals surface area (Å²) in [5, 5.41) is 0. The second kappa shape index (κ2) is 10.9. The Balaban J connectivity index is 1.87. The van der Waals surface area contributed by atoms with Gasteiger partial charge in [-0.05, 0) is 62.5 Å². The minimum absolute atomic E-state index is 0.0916. The average molecular weight is 490 g/mol. The number of rotatable bonds is 9. The lowest BCUT2D eigenvalue weighted by molar-refractivity contribution is 0.0656. The molecule has 2 N–H and O–H groups in total. The molecule has 0 saturated heterocycles. The topological polar surface area (TPSA) is 94.1 Å². The predicted octanol–water partition coefficient (Wildman–Crippen LogP) is 4.46. The first-order chi connectivity index (χ1) is 16.9. The van der Waals surface area contributed by atoms with E-state index in [1.807, 2.05) is 80.3 Å². The first kappa shape index (κ1) is 24.8. The smallest absolute Gasteiger partial charge is 0.273 e. The van der Waals surface area contributed by atoms with E-state index in [-0.39, 0.29) is 11.5 Å². The highest BCUT2D eigenvalue weighted by atomic mass is 32.1. The standard InChI is InChI=1S/C27H31N5O2S/c1-4-22(31(16-8-15-28)26(33)21-13-11-18(2)12-14-21)25-29-23-19(3)30-35-24(23)27(34)32(25)17-20-9-6-5-7-10-20/h5-7,9-14,22H,4,8,15-17,28H2,1-3H3. The second-order valence-electron chi connectivity index (χ2n) is 8.72. The highest BCUT2D eigenvalue weighted by molar-refractivity contribution is 7.13. The third-order valence-corrected chi connectivity index (χ3v) is 7.10. The maximum absolute atomic E-state index is 13.7. The Labute approximate surface area is 209 Å². The van der Waals surface area contributed by atoms with E-state index in [1.165, 1.54) is 11.5 Å². The number of carbonyl (C=O) groups excluding carboxylic acids is 1. The molecule has 0 fully saturated rings. The molecule has 0 radical (unpaired) electrons. The fraction of sp³-hybridized carbons (Fsp3) is 0.333. The van der Waals surface area contributed by atoms with Gasteiger partial charge in [-0.15, -0.1) is 0 Å². The number of benzene rings is 2. The van der Waals surface area contributed by atoms with Gasteiger partial charge in [0.1, 0.15) is 16.0 Å². The van der Waals surface area contributed by atoms with Gasteiger partial charge < -0.3 is 10.6 Å². The zero-order chi connectivity index (χ0) is 24.9. The first-order valence-corrected chi connectivity index (χ1v) is 12.7. The van der Waals surface area contributed by atoms with E-state index in [9.17, 15) is 9.59 Å². The van der Waals surface area contributed by atoms with Crippen LogP contribution < -0.4 is 11.3 Å². The number of aromatic nitrogens is 3. The zero-order valence-corrected chi connectivity index (χ0v) is 21.2. The number of nitrogens with zero attached hydrogens (tertiary/aromatic N) is 4. The second-order valence-corrected chi connectivity index (χ2v) is 9.50. The van der Waals surface area contributed by atoms with Crippen molar-refractivity contribution in [3.8, 4) is 0 Å². The highest BCUT2D eigenvalue weighted by Crippen LogP contribution is 2.28. The molecule has 1 unspecified atom stereocenters. The normalized spacial score (nSPS) is 12.1. The lowest BCUT2D eigenvalue weighted by Gasteiger charge is -2.32. The molecule has 0 saturated carbocycles. The maximum Gasteiger partial charge on any atom is 0.273 e. The molecule has 182 valence electrons. The summed E-state index contributed by atoms with van der Waals surface area (Å²) in [7, 11) is 0. The van der Waals surface area contributed by atoms with Crippen molar-refractivity contribution in [1.29, 1.82) is 0 Å². The number of fused-ring (bicyclic) bond motifs is 1. The minimum atomic E-state index is -0.393. The van der Waals surface area contributed by atoms with Crippen molar-refractivity contribution in [1.82, 2.24) is 18.8 Å². The SMILES string of the molecule is CCC(c1nc2c(C)nsc2c(=O)n1Cc1ccccc1)N(CCCN)C(=O)c1ccc(C)cc1. The van der Waals surface area contributed by atoms with Crippen molar-refractivity contribution in [2.24, 2.45) is 5.73 Å². The Morgan fingerprint density at radius 1 is 1.11 bits per heavy atom. The van der Waals surface area contributed by atoms with Gasteiger partial charge in [0.05, 0.1) is 18.3 Å². The van der Waals surface area contributed by atoms with Crippen LogP contribution in [0.3, 0.4) is 0 Å². The van der Waals surface area contributed by atoms with Crippen LogP contribution in [0.25, 0.3) is 10.2 Å². The lowest BCUT2D eigenvalue weighted by Crippen LogP contribution is -2.40. The molecule has 0 bridgehead atoms. The van der Waals surface area contributed by atoms with Crippen LogP contribution >= 0.6 is 11.5 Å². The molecule has 7 nitrogen and oxygen atoms in total. The molecule has 0 spiro atoms. The molecule has 0 aliphatic rings. The fourth-order valence-corrected chi connectivity index (χ4v) is 5.06. The molecule has 35 heavy (non-hydrogen) atoms. The van der Waals surface area contributed by atoms with Crippen molar-refractivity contribution in [3.63, 3.8) is 0 Å². The van der Waals surface area contributed by atoms with E-state index < -0.39 is 6.04 Å². The van der Waals surface area contributed by atoms with Gasteiger partial charge in [0.15, 0.2) is 0 Å². The quantitative estimate of drug-likeness (QED) is 0.375. The van der Waals surface area contributed by atoms with E-state index in [2.05, 4.69) is 4.37 Å². The molecule has 0 aliphatic carbocycles. The largest absolute Gasteiger partial charge is 0.330 e. The number of aryl methyl sites for hydroxylation is 2. The monoisotopic (exact) mass is 489 g/mol. The van der Waals surface area contributed by atoms with Crippen molar-refractivity contribution in [3.05, 3.63) is 93.2 Å². The third-order valence-electron chi connectivity index (χ3n) is 6.18. The van der Waals surface area contributed by atoms with Gasteiger partial charge in [-0.1, -0.05) is 55.0 Å². The van der Waals surface area contributed by atoms with Gasteiger partial charge in [-0.2, -0.15) is 4.37 Å². The Kier molecular flexibility index (Phi) is 7.73. The summed E-state index contributed by atoms with van der Waals surface area (Å²) in [5.41, 5.74) is 9.74. The van der Waals surface area contributed by atoms with Crippen molar-refractivity contribution < 1.29 is 4.79 Å². The third kappa shape index (κ3) is 5.18. The summed E-state index contributed by atoms with van der Waals surface area (Å²) < 4.78 is 6.63. The average Bonchev–Trinajstić information content (AvgIpc) is 3.25. The summed E-state index contributed by atoms with van der Waals surface area (Å²) in [4.78, 5) is 34.2. The molecule has 2 aromatic carbocycles. The summed E-state index contributed by atoms with van der Waals surface area (Å²) in [6, 6.07) is 17.0.